The fourth-order valence-electron chi connectivity index (χ4n) is 5.53. The number of carbonyl (C=O) groups excluding carboxylic acids is 2. The molecule has 0 radical (unpaired) electrons. The summed E-state index contributed by atoms with van der Waals surface area (Å²) >= 11 is 1.49. The van der Waals surface area contributed by atoms with Crippen LogP contribution in [0.3, 0.4) is 0 Å². The van der Waals surface area contributed by atoms with Crippen LogP contribution in [0, 0.1) is 12.8 Å². The predicted octanol–water partition coefficient (Wildman–Crippen LogP) is 4.22. The minimum Gasteiger partial charge on any atom is -0.412 e. The average Bonchev–Trinajstić information content (AvgIpc) is 3.44. The van der Waals surface area contributed by atoms with Crippen molar-refractivity contribution in [1.29, 1.82) is 0 Å². The molecule has 1 unspecified atom stereocenters. The maximum Gasteiger partial charge on any atom is 0.246 e. The third kappa shape index (κ3) is 6.62. The number of aromatic nitrogens is 1. The zero-order chi connectivity index (χ0) is 27.5. The van der Waals surface area contributed by atoms with E-state index in [4.69, 9.17) is 0 Å². The van der Waals surface area contributed by atoms with Crippen LogP contribution in [0.25, 0.3) is 0 Å². The van der Waals surface area contributed by atoms with E-state index in [0.717, 1.165) is 42.2 Å². The third-order valence-corrected chi connectivity index (χ3v) is 9.72. The number of amides is 2. The molecule has 3 aromatic rings. The third-order valence-electron chi connectivity index (χ3n) is 7.43. The fourth-order valence-corrected chi connectivity index (χ4v) is 7.43. The Labute approximate surface area is 244 Å². The van der Waals surface area contributed by atoms with E-state index >= 15 is 0 Å². The number of rotatable bonds is 8. The molecule has 10 heteroatoms. The summed E-state index contributed by atoms with van der Waals surface area (Å²) in [7, 11) is -1.19. The van der Waals surface area contributed by atoms with Gasteiger partial charge in [0, 0.05) is 48.9 Å². The van der Waals surface area contributed by atoms with Gasteiger partial charge in [0.25, 0.3) is 0 Å². The molecule has 2 N–H and O–H groups in total. The Morgan fingerprint density at radius 1 is 1.12 bits per heavy atom. The van der Waals surface area contributed by atoms with Crippen LogP contribution in [-0.4, -0.2) is 63.6 Å². The summed E-state index contributed by atoms with van der Waals surface area (Å²) in [6.07, 6.45) is 4.52. The lowest BCUT2D eigenvalue weighted by Crippen LogP contribution is -2.58. The van der Waals surface area contributed by atoms with Crippen LogP contribution in [0.4, 0.5) is 11.4 Å². The lowest BCUT2D eigenvalue weighted by Gasteiger charge is -2.42. The lowest BCUT2D eigenvalue weighted by molar-refractivity contribution is -0.138. The van der Waals surface area contributed by atoms with Crippen LogP contribution in [0.5, 0.6) is 0 Å². The van der Waals surface area contributed by atoms with Gasteiger partial charge < -0.3 is 20.2 Å². The second-order valence-electron chi connectivity index (χ2n) is 10.8. The molecule has 3 heterocycles. The van der Waals surface area contributed by atoms with Gasteiger partial charge in [0.1, 0.15) is 17.6 Å². The van der Waals surface area contributed by atoms with E-state index in [1.165, 1.54) is 22.5 Å². The molecule has 2 aliphatic rings. The van der Waals surface area contributed by atoms with Crippen molar-refractivity contribution in [3.05, 3.63) is 70.2 Å². The van der Waals surface area contributed by atoms with Crippen molar-refractivity contribution in [3.8, 4) is 0 Å². The van der Waals surface area contributed by atoms with Gasteiger partial charge in [0.05, 0.1) is 16.6 Å². The van der Waals surface area contributed by atoms with Crippen LogP contribution in [-0.2, 0) is 32.6 Å². The Hall–Kier alpha value is -3.08. The number of anilines is 2. The smallest absolute Gasteiger partial charge is 0.246 e. The van der Waals surface area contributed by atoms with E-state index in [1.54, 1.807) is 16.0 Å². The molecule has 0 aliphatic carbocycles. The molecule has 2 aromatic carbocycles. The quantitative estimate of drug-likeness (QED) is 0.394. The van der Waals surface area contributed by atoms with Crippen LogP contribution >= 0.6 is 11.3 Å². The van der Waals surface area contributed by atoms with Crippen molar-refractivity contribution in [2.45, 2.75) is 56.7 Å². The van der Waals surface area contributed by atoms with Crippen LogP contribution < -0.4 is 9.80 Å². The fraction of sp³-hybridized carbons (Fsp3) is 0.433. The molecule has 40 heavy (non-hydrogen) atoms. The van der Waals surface area contributed by atoms with Crippen molar-refractivity contribution >= 4 is 45.3 Å². The van der Waals surface area contributed by atoms with Gasteiger partial charge in [-0.05, 0) is 68.0 Å². The van der Waals surface area contributed by atoms with Gasteiger partial charge >= 0.3 is 0 Å². The molecule has 2 atom stereocenters. The van der Waals surface area contributed by atoms with Gasteiger partial charge in [0.15, 0.2) is 0 Å². The topological polar surface area (TPSA) is 105 Å². The maximum absolute atomic E-state index is 13.9. The van der Waals surface area contributed by atoms with Crippen molar-refractivity contribution in [2.75, 3.05) is 36.0 Å². The van der Waals surface area contributed by atoms with Crippen molar-refractivity contribution < 1.29 is 20.7 Å². The van der Waals surface area contributed by atoms with Gasteiger partial charge in [-0.1, -0.05) is 31.5 Å². The summed E-state index contributed by atoms with van der Waals surface area (Å²) in [5.41, 5.74) is 4.46. The Morgan fingerprint density at radius 3 is 2.58 bits per heavy atom. The van der Waals surface area contributed by atoms with Crippen molar-refractivity contribution in [3.63, 3.8) is 0 Å². The number of hydrogen-bond acceptors (Lipinski definition) is 6. The van der Waals surface area contributed by atoms with E-state index in [-0.39, 0.29) is 31.3 Å². The Morgan fingerprint density at radius 2 is 1.90 bits per heavy atom. The number of thiazole rings is 1. The number of piperazine rings is 1. The number of benzene rings is 2. The van der Waals surface area contributed by atoms with Gasteiger partial charge in [-0.15, -0.1) is 11.3 Å². The highest BCUT2D eigenvalue weighted by Gasteiger charge is 2.36. The minimum atomic E-state index is -1.19. The van der Waals surface area contributed by atoms with Gasteiger partial charge in [-0.3, -0.25) is 13.8 Å². The largest absolute Gasteiger partial charge is 0.412 e. The van der Waals surface area contributed by atoms with Crippen LogP contribution in [0.1, 0.15) is 44.3 Å². The molecule has 1 fully saturated rings. The minimum absolute atomic E-state index is 0. The number of nitrogens with zero attached hydrogens (tertiary/aromatic N) is 4. The van der Waals surface area contributed by atoms with Gasteiger partial charge in [-0.25, -0.2) is 4.98 Å². The van der Waals surface area contributed by atoms with Crippen LogP contribution in [0.15, 0.2) is 58.9 Å². The molecule has 1 aromatic heterocycles. The normalized spacial score (nSPS) is 16.9. The number of aryl methyl sites for hydroxylation is 2. The molecule has 5 rings (SSSR count). The highest BCUT2D eigenvalue weighted by atomic mass is 32.2. The highest BCUT2D eigenvalue weighted by Crippen LogP contribution is 2.32. The first-order valence-corrected chi connectivity index (χ1v) is 15.8. The zero-order valence-corrected chi connectivity index (χ0v) is 25.0. The van der Waals surface area contributed by atoms with Gasteiger partial charge in [0.2, 0.25) is 11.8 Å². The average molecular weight is 585 g/mol. The van der Waals surface area contributed by atoms with Crippen LogP contribution in [0.2, 0.25) is 0 Å². The summed E-state index contributed by atoms with van der Waals surface area (Å²) in [4.78, 5) is 37.8. The summed E-state index contributed by atoms with van der Waals surface area (Å²) in [5, 5.41) is 2.72. The summed E-state index contributed by atoms with van der Waals surface area (Å²) in [5.74, 6) is 0.684. The van der Waals surface area contributed by atoms with E-state index in [9.17, 15) is 13.8 Å². The molecule has 2 aliphatic heterocycles. The van der Waals surface area contributed by atoms with Crippen molar-refractivity contribution in [1.82, 2.24) is 9.88 Å². The Balaban J connectivity index is 0.00000231. The molecule has 0 spiro atoms. The second-order valence-corrected chi connectivity index (χ2v) is 13.2. The first kappa shape index (κ1) is 29.9. The van der Waals surface area contributed by atoms with E-state index < -0.39 is 10.8 Å². The standard InChI is InChI=1S/C30H36N4O3S2.H2O.H2/c1-21(2)17-27(34-13-4-5-23-18-22(3)6-11-26(23)34)30(36)32-14-15-33(29(35)19-32)24-7-9-25(10-8-24)39(37)20-28-31-12-16-38-28;;/h6-12,16,18,21,27H,4-5,13-15,17,19-20H2,1-3H3;1H2;1H/t27-,39?;;/m1../s1. The van der Waals surface area contributed by atoms with E-state index in [1.807, 2.05) is 29.6 Å². The monoisotopic (exact) mass is 584 g/mol. The maximum atomic E-state index is 13.9. The second kappa shape index (κ2) is 13.1. The molecule has 216 valence electrons. The lowest BCUT2D eigenvalue weighted by atomic mass is 9.94. The molecular formula is C30H40N4O4S2. The molecule has 2 amide bonds. The molecule has 0 saturated carbocycles. The Kier molecular flexibility index (Phi) is 9.76. The van der Waals surface area contributed by atoms with Gasteiger partial charge in [-0.2, -0.15) is 0 Å². The summed E-state index contributed by atoms with van der Waals surface area (Å²) in [6, 6.07) is 13.6. The van der Waals surface area contributed by atoms with E-state index in [0.29, 0.717) is 29.7 Å². The predicted molar refractivity (Wildman–Crippen MR) is 163 cm³/mol. The highest BCUT2D eigenvalue weighted by molar-refractivity contribution is 7.84. The summed E-state index contributed by atoms with van der Waals surface area (Å²) < 4.78 is 12.7. The first-order chi connectivity index (χ1) is 18.8. The number of hydrogen-bond donors (Lipinski definition) is 0. The van der Waals surface area contributed by atoms with E-state index in [2.05, 4.69) is 48.9 Å². The molecule has 8 nitrogen and oxygen atoms in total. The number of carbonyl (C=O) groups is 2. The molecule has 0 bridgehead atoms. The zero-order valence-electron chi connectivity index (χ0n) is 23.3. The Bertz CT molecular complexity index is 1350. The molecule has 1 saturated heterocycles. The van der Waals surface area contributed by atoms with Crippen molar-refractivity contribution in [2.24, 2.45) is 5.92 Å². The summed E-state index contributed by atoms with van der Waals surface area (Å²) in [6.45, 7) is 8.26. The number of fused-ring (bicyclic) bond motifs is 1. The molecular weight excluding hydrogens is 544 g/mol. The first-order valence-electron chi connectivity index (χ1n) is 13.6. The SMILES string of the molecule is Cc1ccc2c(c1)CCCN2[C@H](CC(C)C)C(=O)N1CCN(c2ccc(S(=O)Cc3nccs3)cc2)C(=O)C1.O.[HH].